The Hall–Kier alpha value is -2.04. The SMILES string of the molecule is [2H]C([2H])(Oc1ccc(Sc2ccc(Br)cc2N)c(CN(C)C)c1)C([2H])([2H])C([2H])([2H])OS(=O)(=O)c1ccc(C)cc1. The van der Waals surface area contributed by atoms with Crippen molar-refractivity contribution in [3.63, 3.8) is 0 Å². The molecule has 3 aromatic rings. The van der Waals surface area contributed by atoms with Gasteiger partial charge >= 0.3 is 0 Å². The van der Waals surface area contributed by atoms with Gasteiger partial charge < -0.3 is 15.4 Å². The highest BCUT2D eigenvalue weighted by atomic mass is 79.9. The van der Waals surface area contributed by atoms with Crippen LogP contribution in [-0.4, -0.2) is 40.5 Å². The first-order valence-corrected chi connectivity index (χ1v) is 13.1. The van der Waals surface area contributed by atoms with Gasteiger partial charge in [0.05, 0.1) is 23.5 Å². The Balaban J connectivity index is 1.89. The van der Waals surface area contributed by atoms with Crippen molar-refractivity contribution >= 4 is 43.5 Å². The molecule has 2 N–H and O–H groups in total. The van der Waals surface area contributed by atoms with Crippen molar-refractivity contribution < 1.29 is 25.6 Å². The van der Waals surface area contributed by atoms with Gasteiger partial charge in [0.25, 0.3) is 10.1 Å². The highest BCUT2D eigenvalue weighted by Crippen LogP contribution is 2.37. The van der Waals surface area contributed by atoms with Crippen LogP contribution in [0.15, 0.2) is 79.8 Å². The molecule has 182 valence electrons. The average Bonchev–Trinajstić information content (AvgIpc) is 2.81. The standard InChI is InChI=1S/C25H29BrN2O4S2/c1-18-5-9-22(10-6-18)34(29,30)32-14-4-13-31-21-8-12-24(19(15-21)17-28(2)3)33-25-11-7-20(26)16-23(25)27/h5-12,15-16H,4,13-14,17,27H2,1-3H3/i4D2,13D2,14D2. The minimum absolute atomic E-state index is 0.0870. The molecule has 0 atom stereocenters. The van der Waals surface area contributed by atoms with Gasteiger partial charge in [0, 0.05) is 35.6 Å². The smallest absolute Gasteiger partial charge is 0.296 e. The lowest BCUT2D eigenvalue weighted by Crippen LogP contribution is -2.12. The second-order valence-corrected chi connectivity index (χ2v) is 11.1. The summed E-state index contributed by atoms with van der Waals surface area (Å²) in [6.45, 7) is -4.84. The van der Waals surface area contributed by atoms with Gasteiger partial charge in [0.1, 0.15) is 5.75 Å². The second kappa shape index (κ2) is 12.1. The molecule has 9 heteroatoms. The second-order valence-electron chi connectivity index (χ2n) is 7.57. The predicted octanol–water partition coefficient (Wildman–Crippen LogP) is 5.73. The highest BCUT2D eigenvalue weighted by molar-refractivity contribution is 9.10. The van der Waals surface area contributed by atoms with Gasteiger partial charge in [-0.1, -0.05) is 45.4 Å². The molecule has 0 spiro atoms. The first-order valence-electron chi connectivity index (χ1n) is 13.1. The number of halogens is 1. The molecule has 0 aromatic heterocycles. The number of nitrogens with zero attached hydrogens (tertiary/aromatic N) is 1. The first kappa shape index (κ1) is 19.2. The third-order valence-electron chi connectivity index (χ3n) is 4.44. The van der Waals surface area contributed by atoms with Crippen LogP contribution in [0.2, 0.25) is 0 Å². The number of nitrogen functional groups attached to an aromatic ring is 1. The summed E-state index contributed by atoms with van der Waals surface area (Å²) < 4.78 is 85.2. The number of hydrogen-bond donors (Lipinski definition) is 1. The number of hydrogen-bond acceptors (Lipinski definition) is 7. The Morgan fingerprint density at radius 3 is 2.41 bits per heavy atom. The number of ether oxygens (including phenoxy) is 1. The normalized spacial score (nSPS) is 15.6. The fraction of sp³-hybridized carbons (Fsp3) is 0.280. The lowest BCUT2D eigenvalue weighted by molar-refractivity contribution is 0.250. The van der Waals surface area contributed by atoms with E-state index in [0.29, 0.717) is 17.8 Å². The number of anilines is 1. The Morgan fingerprint density at radius 1 is 1.03 bits per heavy atom. The third kappa shape index (κ3) is 7.74. The van der Waals surface area contributed by atoms with Gasteiger partial charge in [0.2, 0.25) is 0 Å². The van der Waals surface area contributed by atoms with Gasteiger partial charge in [0.15, 0.2) is 0 Å². The Bertz CT molecular complexity index is 1470. The molecule has 0 radical (unpaired) electrons. The van der Waals surface area contributed by atoms with Gasteiger partial charge in [-0.15, -0.1) is 0 Å². The van der Waals surface area contributed by atoms with Gasteiger partial charge in [-0.25, -0.2) is 0 Å². The summed E-state index contributed by atoms with van der Waals surface area (Å²) >= 11 is 4.77. The lowest BCUT2D eigenvalue weighted by Gasteiger charge is -2.16. The molecule has 0 saturated carbocycles. The van der Waals surface area contributed by atoms with E-state index < -0.39 is 34.5 Å². The zero-order valence-corrected chi connectivity index (χ0v) is 22.1. The molecule has 0 heterocycles. The fourth-order valence-corrected chi connectivity index (χ4v) is 4.88. The minimum atomic E-state index is -4.77. The average molecular weight is 572 g/mol. The molecule has 0 fully saturated rings. The molecule has 0 unspecified atom stereocenters. The Labute approximate surface area is 223 Å². The van der Waals surface area contributed by atoms with Crippen molar-refractivity contribution in [3.05, 3.63) is 76.3 Å². The maximum absolute atomic E-state index is 12.7. The summed E-state index contributed by atoms with van der Waals surface area (Å²) in [6, 6.07) is 15.4. The van der Waals surface area contributed by atoms with Crippen molar-refractivity contribution in [2.24, 2.45) is 0 Å². The fourth-order valence-electron chi connectivity index (χ4n) is 2.85. The molecule has 6 nitrogen and oxygen atoms in total. The first-order chi connectivity index (χ1) is 18.3. The van der Waals surface area contributed by atoms with E-state index in [0.717, 1.165) is 19.8 Å². The molecule has 0 saturated heterocycles. The van der Waals surface area contributed by atoms with Crippen LogP contribution in [-0.2, 0) is 20.8 Å². The van der Waals surface area contributed by atoms with Crippen LogP contribution < -0.4 is 10.5 Å². The number of aryl methyl sites for hydroxylation is 1. The minimum Gasteiger partial charge on any atom is -0.493 e. The molecular formula is C25H29BrN2O4S2. The summed E-state index contributed by atoms with van der Waals surface area (Å²) in [4.78, 5) is 3.07. The lowest BCUT2D eigenvalue weighted by atomic mass is 10.2. The largest absolute Gasteiger partial charge is 0.493 e. The molecular weight excluding hydrogens is 536 g/mol. The van der Waals surface area contributed by atoms with Crippen LogP contribution in [0.3, 0.4) is 0 Å². The highest BCUT2D eigenvalue weighted by Gasteiger charge is 2.15. The van der Waals surface area contributed by atoms with E-state index in [-0.39, 0.29) is 5.75 Å². The monoisotopic (exact) mass is 570 g/mol. The van der Waals surface area contributed by atoms with Crippen molar-refractivity contribution in [1.82, 2.24) is 4.90 Å². The molecule has 0 bridgehead atoms. The van der Waals surface area contributed by atoms with E-state index in [4.69, 9.17) is 18.7 Å². The molecule has 0 amide bonds. The van der Waals surface area contributed by atoms with Crippen molar-refractivity contribution in [1.29, 1.82) is 0 Å². The zero-order valence-electron chi connectivity index (χ0n) is 24.8. The van der Waals surface area contributed by atoms with Gasteiger partial charge in [-0.05, 0) is 75.1 Å². The predicted molar refractivity (Wildman–Crippen MR) is 141 cm³/mol. The summed E-state index contributed by atoms with van der Waals surface area (Å²) in [7, 11) is -1.09. The molecule has 3 rings (SSSR count). The number of rotatable bonds is 11. The van der Waals surface area contributed by atoms with E-state index in [1.54, 1.807) is 19.1 Å². The van der Waals surface area contributed by atoms with Crippen LogP contribution in [0.5, 0.6) is 5.75 Å². The van der Waals surface area contributed by atoms with E-state index in [9.17, 15) is 8.42 Å². The van der Waals surface area contributed by atoms with Crippen molar-refractivity contribution in [3.8, 4) is 5.75 Å². The van der Waals surface area contributed by atoms with Crippen LogP contribution in [0.1, 0.15) is 25.7 Å². The van der Waals surface area contributed by atoms with E-state index in [2.05, 4.69) is 20.1 Å². The summed E-state index contributed by atoms with van der Waals surface area (Å²) in [6.07, 6.45) is -3.57. The molecule has 0 aliphatic rings. The van der Waals surface area contributed by atoms with Crippen LogP contribution >= 0.6 is 27.7 Å². The van der Waals surface area contributed by atoms with Crippen LogP contribution in [0, 0.1) is 6.92 Å². The molecule has 0 aliphatic carbocycles. The maximum atomic E-state index is 12.7. The number of nitrogens with two attached hydrogens (primary N) is 1. The zero-order chi connectivity index (χ0) is 30.1. The topological polar surface area (TPSA) is 81.9 Å². The molecule has 0 aliphatic heterocycles. The Morgan fingerprint density at radius 2 is 1.74 bits per heavy atom. The number of benzene rings is 3. The van der Waals surface area contributed by atoms with E-state index in [1.165, 1.54) is 48.2 Å². The van der Waals surface area contributed by atoms with Gasteiger partial charge in [-0.2, -0.15) is 8.42 Å². The third-order valence-corrected chi connectivity index (χ3v) is 7.30. The van der Waals surface area contributed by atoms with Crippen molar-refractivity contribution in [2.75, 3.05) is 32.9 Å². The molecule has 34 heavy (non-hydrogen) atoms. The quantitative estimate of drug-likeness (QED) is 0.233. The summed E-state index contributed by atoms with van der Waals surface area (Å²) in [5.41, 5.74) is 8.17. The van der Waals surface area contributed by atoms with E-state index in [1.807, 2.05) is 31.1 Å². The van der Waals surface area contributed by atoms with Crippen LogP contribution in [0.4, 0.5) is 5.69 Å². The van der Waals surface area contributed by atoms with E-state index >= 15 is 0 Å². The molecule has 3 aromatic carbocycles. The van der Waals surface area contributed by atoms with Gasteiger partial charge in [-0.3, -0.25) is 4.18 Å². The van der Waals surface area contributed by atoms with Crippen LogP contribution in [0.25, 0.3) is 0 Å². The maximum Gasteiger partial charge on any atom is 0.296 e. The summed E-state index contributed by atoms with van der Waals surface area (Å²) in [5.74, 6) is -0.0870. The van der Waals surface area contributed by atoms with Crippen molar-refractivity contribution in [2.45, 2.75) is 34.5 Å². The summed E-state index contributed by atoms with van der Waals surface area (Å²) in [5, 5.41) is 0. The Kier molecular flexibility index (Phi) is 6.82.